The first kappa shape index (κ1) is 11.4. The van der Waals surface area contributed by atoms with Crippen molar-refractivity contribution >= 4 is 22.4 Å². The van der Waals surface area contributed by atoms with E-state index in [1.54, 1.807) is 18.2 Å². The van der Waals surface area contributed by atoms with Crippen LogP contribution in [0.15, 0.2) is 24.3 Å². The van der Waals surface area contributed by atoms with E-state index in [0.717, 1.165) is 11.3 Å². The van der Waals surface area contributed by atoms with Gasteiger partial charge in [-0.05, 0) is 12.1 Å². The Bertz CT molecular complexity index is 566. The highest BCUT2D eigenvalue weighted by atomic mass is 32.1. The number of anilines is 1. The molecule has 1 aromatic heterocycles. The molecule has 17 heavy (non-hydrogen) atoms. The monoisotopic (exact) mass is 250 g/mol. The third kappa shape index (κ3) is 2.07. The van der Waals surface area contributed by atoms with Gasteiger partial charge in [0, 0.05) is 5.56 Å². The number of carboxylic acids is 1. The van der Waals surface area contributed by atoms with Gasteiger partial charge in [-0.3, -0.25) is 0 Å². The smallest absolute Gasteiger partial charge is 0.356 e. The first-order valence-electron chi connectivity index (χ1n) is 4.76. The Labute approximate surface area is 101 Å². The summed E-state index contributed by atoms with van der Waals surface area (Å²) in [5.41, 5.74) is 6.19. The Morgan fingerprint density at radius 2 is 2.18 bits per heavy atom. The second-order valence-corrected chi connectivity index (χ2v) is 4.27. The highest BCUT2D eigenvalue weighted by Crippen LogP contribution is 2.37. The zero-order valence-corrected chi connectivity index (χ0v) is 9.82. The van der Waals surface area contributed by atoms with E-state index in [1.807, 2.05) is 6.07 Å². The third-order valence-corrected chi connectivity index (χ3v) is 3.12. The standard InChI is InChI=1S/C11H10N2O3S/c1-16-7-5-3-2-4-6(7)9-8(10(14)15)13-11(12)17-9/h2-5H,1H3,(H2,12,13)(H,14,15). The van der Waals surface area contributed by atoms with Gasteiger partial charge in [0.2, 0.25) is 0 Å². The molecule has 0 aliphatic carbocycles. The van der Waals surface area contributed by atoms with Crippen molar-refractivity contribution < 1.29 is 14.6 Å². The first-order valence-corrected chi connectivity index (χ1v) is 5.58. The molecule has 5 nitrogen and oxygen atoms in total. The molecular weight excluding hydrogens is 240 g/mol. The van der Waals surface area contributed by atoms with Crippen molar-refractivity contribution in [1.82, 2.24) is 4.98 Å². The molecule has 6 heteroatoms. The summed E-state index contributed by atoms with van der Waals surface area (Å²) in [4.78, 5) is 15.4. The van der Waals surface area contributed by atoms with Gasteiger partial charge in [-0.1, -0.05) is 23.5 Å². The van der Waals surface area contributed by atoms with E-state index >= 15 is 0 Å². The molecule has 0 saturated heterocycles. The number of carboxylic acid groups (broad SMARTS) is 1. The number of rotatable bonds is 3. The minimum Gasteiger partial charge on any atom is -0.496 e. The van der Waals surface area contributed by atoms with Gasteiger partial charge in [0.25, 0.3) is 0 Å². The molecular formula is C11H10N2O3S. The number of methoxy groups -OCH3 is 1. The molecule has 0 fully saturated rings. The van der Waals surface area contributed by atoms with E-state index in [4.69, 9.17) is 15.6 Å². The number of hydrogen-bond acceptors (Lipinski definition) is 5. The predicted octanol–water partition coefficient (Wildman–Crippen LogP) is 2.10. The molecule has 0 unspecified atom stereocenters. The fraction of sp³-hybridized carbons (Fsp3) is 0.0909. The molecule has 1 aromatic carbocycles. The van der Waals surface area contributed by atoms with Crippen molar-refractivity contribution in [2.45, 2.75) is 0 Å². The van der Waals surface area contributed by atoms with Crippen LogP contribution >= 0.6 is 11.3 Å². The summed E-state index contributed by atoms with van der Waals surface area (Å²) >= 11 is 1.13. The van der Waals surface area contributed by atoms with E-state index < -0.39 is 5.97 Å². The lowest BCUT2D eigenvalue weighted by molar-refractivity contribution is 0.0692. The summed E-state index contributed by atoms with van der Waals surface area (Å²) in [5.74, 6) is -0.502. The summed E-state index contributed by atoms with van der Waals surface area (Å²) < 4.78 is 5.19. The molecule has 3 N–H and O–H groups in total. The zero-order chi connectivity index (χ0) is 12.4. The number of nitrogens with two attached hydrogens (primary N) is 1. The van der Waals surface area contributed by atoms with Gasteiger partial charge in [-0.25, -0.2) is 9.78 Å². The van der Waals surface area contributed by atoms with Crippen molar-refractivity contribution in [3.63, 3.8) is 0 Å². The number of nitrogens with zero attached hydrogens (tertiary/aromatic N) is 1. The van der Waals surface area contributed by atoms with Crippen LogP contribution in [0.4, 0.5) is 5.13 Å². The third-order valence-electron chi connectivity index (χ3n) is 2.20. The fourth-order valence-corrected chi connectivity index (χ4v) is 2.35. The average molecular weight is 250 g/mol. The van der Waals surface area contributed by atoms with E-state index in [2.05, 4.69) is 4.98 Å². The van der Waals surface area contributed by atoms with Crippen LogP contribution in [0.2, 0.25) is 0 Å². The number of aromatic nitrogens is 1. The number of thiazole rings is 1. The van der Waals surface area contributed by atoms with Gasteiger partial charge in [-0.2, -0.15) is 0 Å². The van der Waals surface area contributed by atoms with Gasteiger partial charge in [0.15, 0.2) is 10.8 Å². The van der Waals surface area contributed by atoms with E-state index in [0.29, 0.717) is 16.2 Å². The lowest BCUT2D eigenvalue weighted by atomic mass is 10.1. The molecule has 0 bridgehead atoms. The van der Waals surface area contributed by atoms with Gasteiger partial charge in [-0.15, -0.1) is 0 Å². The summed E-state index contributed by atoms with van der Waals surface area (Å²) in [6, 6.07) is 7.15. The van der Waals surface area contributed by atoms with Crippen LogP contribution in [-0.4, -0.2) is 23.2 Å². The number of ether oxygens (including phenoxy) is 1. The highest BCUT2D eigenvalue weighted by molar-refractivity contribution is 7.19. The van der Waals surface area contributed by atoms with Crippen LogP contribution in [0.5, 0.6) is 5.75 Å². The Balaban J connectivity index is 2.63. The van der Waals surface area contributed by atoms with Crippen molar-refractivity contribution in [2.75, 3.05) is 12.8 Å². The highest BCUT2D eigenvalue weighted by Gasteiger charge is 2.20. The lowest BCUT2D eigenvalue weighted by Gasteiger charge is -2.06. The number of benzene rings is 1. The number of hydrogen-bond donors (Lipinski definition) is 2. The average Bonchev–Trinajstić information content (AvgIpc) is 2.71. The fourth-order valence-electron chi connectivity index (χ4n) is 1.50. The maximum atomic E-state index is 11.1. The minimum atomic E-state index is -1.10. The Morgan fingerprint density at radius 1 is 1.47 bits per heavy atom. The summed E-state index contributed by atoms with van der Waals surface area (Å²) in [5, 5.41) is 9.28. The molecule has 0 amide bonds. The van der Waals surface area contributed by atoms with Gasteiger partial charge in [0.05, 0.1) is 12.0 Å². The Hall–Kier alpha value is -2.08. The first-order chi connectivity index (χ1) is 8.13. The van der Waals surface area contributed by atoms with Crippen LogP contribution in [0.3, 0.4) is 0 Å². The SMILES string of the molecule is COc1ccccc1-c1sc(N)nc1C(=O)O. The number of aromatic carboxylic acids is 1. The van der Waals surface area contributed by atoms with E-state index in [1.165, 1.54) is 7.11 Å². The van der Waals surface area contributed by atoms with Crippen molar-refractivity contribution in [3.05, 3.63) is 30.0 Å². The van der Waals surface area contributed by atoms with Gasteiger partial charge >= 0.3 is 5.97 Å². The maximum Gasteiger partial charge on any atom is 0.356 e. The quantitative estimate of drug-likeness (QED) is 0.871. The zero-order valence-electron chi connectivity index (χ0n) is 9.01. The number of para-hydroxylation sites is 1. The van der Waals surface area contributed by atoms with Crippen LogP contribution in [-0.2, 0) is 0 Å². The molecule has 88 valence electrons. The second-order valence-electron chi connectivity index (χ2n) is 3.24. The van der Waals surface area contributed by atoms with Crippen molar-refractivity contribution in [1.29, 1.82) is 0 Å². The lowest BCUT2D eigenvalue weighted by Crippen LogP contribution is -1.99. The normalized spacial score (nSPS) is 10.2. The molecule has 0 radical (unpaired) electrons. The summed E-state index contributed by atoms with van der Waals surface area (Å²) in [7, 11) is 1.53. The van der Waals surface area contributed by atoms with E-state index in [-0.39, 0.29) is 10.8 Å². The van der Waals surface area contributed by atoms with Crippen molar-refractivity contribution in [2.24, 2.45) is 0 Å². The molecule has 0 saturated carbocycles. The number of nitrogen functional groups attached to an aromatic ring is 1. The maximum absolute atomic E-state index is 11.1. The summed E-state index contributed by atoms with van der Waals surface area (Å²) in [6.07, 6.45) is 0. The molecule has 0 aliphatic rings. The van der Waals surface area contributed by atoms with Gasteiger partial charge < -0.3 is 15.6 Å². The van der Waals surface area contributed by atoms with Crippen molar-refractivity contribution in [3.8, 4) is 16.2 Å². The minimum absolute atomic E-state index is 0.0444. The van der Waals surface area contributed by atoms with Crippen LogP contribution in [0.25, 0.3) is 10.4 Å². The Morgan fingerprint density at radius 3 is 2.82 bits per heavy atom. The molecule has 0 aliphatic heterocycles. The number of carbonyl (C=O) groups is 1. The largest absolute Gasteiger partial charge is 0.496 e. The van der Waals surface area contributed by atoms with E-state index in [9.17, 15) is 4.79 Å². The van der Waals surface area contributed by atoms with Crippen LogP contribution in [0, 0.1) is 0 Å². The molecule has 1 heterocycles. The Kier molecular flexibility index (Phi) is 2.97. The molecule has 0 spiro atoms. The summed E-state index contributed by atoms with van der Waals surface area (Å²) in [6.45, 7) is 0. The topological polar surface area (TPSA) is 85.4 Å². The van der Waals surface area contributed by atoms with Crippen LogP contribution in [0.1, 0.15) is 10.5 Å². The van der Waals surface area contributed by atoms with Gasteiger partial charge in [0.1, 0.15) is 5.75 Å². The molecule has 2 aromatic rings. The van der Waals surface area contributed by atoms with Crippen LogP contribution < -0.4 is 10.5 Å². The second kappa shape index (κ2) is 4.42. The molecule has 0 atom stereocenters. The molecule has 2 rings (SSSR count). The predicted molar refractivity (Wildman–Crippen MR) is 65.5 cm³/mol.